The first-order chi connectivity index (χ1) is 14.0. The molecule has 2 aromatic rings. The molecular weight excluding hydrogens is 370 g/mol. The zero-order chi connectivity index (χ0) is 20.8. The van der Waals surface area contributed by atoms with Crippen LogP contribution in [0.25, 0.3) is 0 Å². The number of hydrogen-bond donors (Lipinski definition) is 1. The molecule has 29 heavy (non-hydrogen) atoms. The average molecular weight is 395 g/mol. The molecule has 0 radical (unpaired) electrons. The lowest BCUT2D eigenvalue weighted by Gasteiger charge is -2.24. The molecule has 1 N–H and O–H groups in total. The van der Waals surface area contributed by atoms with E-state index in [1.165, 1.54) is 13.4 Å². The lowest BCUT2D eigenvalue weighted by atomic mass is 9.99. The Morgan fingerprint density at radius 2 is 1.72 bits per heavy atom. The number of rotatable bonds is 9. The number of anilines is 1. The van der Waals surface area contributed by atoms with Gasteiger partial charge in [-0.3, -0.25) is 4.79 Å². The highest BCUT2D eigenvalue weighted by molar-refractivity contribution is 5.96. The second kappa shape index (κ2) is 9.28. The molecule has 1 amide bonds. The van der Waals surface area contributed by atoms with E-state index in [9.17, 15) is 14.7 Å². The fourth-order valence-electron chi connectivity index (χ4n) is 3.18. The third-order valence-electron chi connectivity index (χ3n) is 4.94. The van der Waals surface area contributed by atoms with Gasteiger partial charge in [-0.05, 0) is 48.2 Å². The lowest BCUT2D eigenvalue weighted by Crippen LogP contribution is -2.32. The molecule has 0 saturated heterocycles. The molecule has 3 rings (SSSR count). The Kier molecular flexibility index (Phi) is 6.54. The van der Waals surface area contributed by atoms with Gasteiger partial charge in [-0.1, -0.05) is 24.3 Å². The van der Waals surface area contributed by atoms with E-state index in [2.05, 4.69) is 0 Å². The van der Waals surface area contributed by atoms with Gasteiger partial charge in [0.1, 0.15) is 5.75 Å². The summed E-state index contributed by atoms with van der Waals surface area (Å²) in [5.74, 6) is -0.144. The number of carboxylic acids is 1. The molecule has 1 saturated carbocycles. The van der Waals surface area contributed by atoms with Crippen LogP contribution in [-0.2, 0) is 27.3 Å². The van der Waals surface area contributed by atoms with Crippen molar-refractivity contribution in [1.29, 1.82) is 0 Å². The average Bonchev–Trinajstić information content (AvgIpc) is 3.57. The zero-order valence-electron chi connectivity index (χ0n) is 16.6. The Labute approximate surface area is 170 Å². The van der Waals surface area contributed by atoms with E-state index in [-0.39, 0.29) is 23.8 Å². The van der Waals surface area contributed by atoms with Gasteiger partial charge in [0.25, 0.3) is 0 Å². The summed E-state index contributed by atoms with van der Waals surface area (Å²) in [6.07, 6.45) is 3.28. The quantitative estimate of drug-likeness (QED) is 0.516. The summed E-state index contributed by atoms with van der Waals surface area (Å²) >= 11 is 0. The summed E-state index contributed by atoms with van der Waals surface area (Å²) < 4.78 is 10.1. The van der Waals surface area contributed by atoms with Gasteiger partial charge >= 0.3 is 5.97 Å². The van der Waals surface area contributed by atoms with Gasteiger partial charge in [-0.2, -0.15) is 0 Å². The van der Waals surface area contributed by atoms with Gasteiger partial charge in [0, 0.05) is 18.0 Å². The minimum absolute atomic E-state index is 0.0623. The number of aliphatic carboxylic acids is 1. The molecule has 0 unspecified atom stereocenters. The van der Waals surface area contributed by atoms with E-state index in [0.717, 1.165) is 35.4 Å². The van der Waals surface area contributed by atoms with Crippen molar-refractivity contribution in [3.05, 3.63) is 71.5 Å². The number of carbonyl (C=O) groups is 2. The summed E-state index contributed by atoms with van der Waals surface area (Å²) in [6.45, 7) is 0.373. The first kappa shape index (κ1) is 20.5. The van der Waals surface area contributed by atoms with Crippen molar-refractivity contribution in [2.24, 2.45) is 5.92 Å². The van der Waals surface area contributed by atoms with Crippen molar-refractivity contribution in [3.63, 3.8) is 0 Å². The van der Waals surface area contributed by atoms with E-state index in [1.54, 1.807) is 12.0 Å². The van der Waals surface area contributed by atoms with E-state index in [4.69, 9.17) is 9.47 Å². The summed E-state index contributed by atoms with van der Waals surface area (Å²) in [6, 6.07) is 15.0. The van der Waals surface area contributed by atoms with E-state index in [0.29, 0.717) is 6.54 Å². The van der Waals surface area contributed by atoms with Gasteiger partial charge < -0.3 is 19.5 Å². The topological polar surface area (TPSA) is 76.1 Å². The van der Waals surface area contributed by atoms with Crippen molar-refractivity contribution in [2.45, 2.75) is 25.8 Å². The molecule has 0 aliphatic heterocycles. The van der Waals surface area contributed by atoms with Crippen LogP contribution >= 0.6 is 0 Å². The van der Waals surface area contributed by atoms with Crippen LogP contribution in [-0.4, -0.2) is 31.2 Å². The normalized spacial score (nSPS) is 13.7. The Bertz CT molecular complexity index is 900. The van der Waals surface area contributed by atoms with Crippen LogP contribution in [0, 0.1) is 5.92 Å². The minimum atomic E-state index is -1.03. The number of carbonyl (C=O) groups excluding carboxylic acids is 1. The van der Waals surface area contributed by atoms with Crippen molar-refractivity contribution < 1.29 is 24.2 Å². The van der Waals surface area contributed by atoms with Gasteiger partial charge in [0.15, 0.2) is 0 Å². The SMILES string of the molecule is COC=C(Cc1ccccc1CN(C(=O)C1CC1)c1ccc(OC)cc1)C(=O)O. The van der Waals surface area contributed by atoms with Crippen LogP contribution in [0.5, 0.6) is 5.75 Å². The number of methoxy groups -OCH3 is 2. The predicted octanol–water partition coefficient (Wildman–Crippen LogP) is 3.80. The number of carboxylic acid groups (broad SMARTS) is 1. The highest BCUT2D eigenvalue weighted by atomic mass is 16.5. The Balaban J connectivity index is 1.90. The first-order valence-corrected chi connectivity index (χ1v) is 9.50. The third kappa shape index (κ3) is 5.16. The highest BCUT2D eigenvalue weighted by Crippen LogP contribution is 2.34. The Morgan fingerprint density at radius 3 is 2.28 bits per heavy atom. The number of ether oxygens (including phenoxy) is 2. The van der Waals surface area contributed by atoms with Gasteiger partial charge in [0.2, 0.25) is 5.91 Å². The monoisotopic (exact) mass is 395 g/mol. The summed E-state index contributed by atoms with van der Waals surface area (Å²) in [5.41, 5.74) is 2.70. The van der Waals surface area contributed by atoms with Crippen LogP contribution in [0.15, 0.2) is 60.4 Å². The number of amides is 1. The molecular formula is C23H25NO5. The Morgan fingerprint density at radius 1 is 1.07 bits per heavy atom. The zero-order valence-corrected chi connectivity index (χ0v) is 16.6. The standard InChI is InChI=1S/C23H25NO5/c1-28-15-19(23(26)27)13-17-5-3-4-6-18(17)14-24(22(25)16-7-8-16)20-9-11-21(29-2)12-10-20/h3-6,9-12,15-16H,7-8,13-14H2,1-2H3,(H,26,27). The second-order valence-corrected chi connectivity index (χ2v) is 7.03. The van der Waals surface area contributed by atoms with E-state index >= 15 is 0 Å². The van der Waals surface area contributed by atoms with Crippen molar-refractivity contribution in [1.82, 2.24) is 0 Å². The van der Waals surface area contributed by atoms with Crippen LogP contribution in [0.4, 0.5) is 5.69 Å². The number of hydrogen-bond acceptors (Lipinski definition) is 4. The largest absolute Gasteiger partial charge is 0.504 e. The maximum absolute atomic E-state index is 13.0. The molecule has 1 aliphatic carbocycles. The van der Waals surface area contributed by atoms with Crippen molar-refractivity contribution in [2.75, 3.05) is 19.1 Å². The molecule has 0 aromatic heterocycles. The molecule has 1 aliphatic rings. The highest BCUT2D eigenvalue weighted by Gasteiger charge is 2.34. The molecule has 0 spiro atoms. The van der Waals surface area contributed by atoms with E-state index in [1.807, 2.05) is 48.5 Å². The smallest absolute Gasteiger partial charge is 0.335 e. The fourth-order valence-corrected chi connectivity index (χ4v) is 3.18. The van der Waals surface area contributed by atoms with Crippen molar-refractivity contribution >= 4 is 17.6 Å². The van der Waals surface area contributed by atoms with Crippen LogP contribution in [0.2, 0.25) is 0 Å². The molecule has 6 nitrogen and oxygen atoms in total. The van der Waals surface area contributed by atoms with Gasteiger partial charge in [0.05, 0.1) is 32.6 Å². The summed E-state index contributed by atoms with van der Waals surface area (Å²) in [4.78, 5) is 26.2. The van der Waals surface area contributed by atoms with Crippen LogP contribution < -0.4 is 9.64 Å². The maximum atomic E-state index is 13.0. The maximum Gasteiger partial charge on any atom is 0.335 e. The van der Waals surface area contributed by atoms with Crippen LogP contribution in [0.1, 0.15) is 24.0 Å². The lowest BCUT2D eigenvalue weighted by molar-refractivity contribution is -0.133. The van der Waals surface area contributed by atoms with Gasteiger partial charge in [-0.25, -0.2) is 4.79 Å². The van der Waals surface area contributed by atoms with E-state index < -0.39 is 5.97 Å². The molecule has 0 atom stereocenters. The fraction of sp³-hybridized carbons (Fsp3) is 0.304. The predicted molar refractivity (Wildman–Crippen MR) is 110 cm³/mol. The first-order valence-electron chi connectivity index (χ1n) is 9.50. The van der Waals surface area contributed by atoms with Gasteiger partial charge in [-0.15, -0.1) is 0 Å². The molecule has 1 fully saturated rings. The molecule has 6 heteroatoms. The third-order valence-corrected chi connectivity index (χ3v) is 4.94. The van der Waals surface area contributed by atoms with Crippen LogP contribution in [0.3, 0.4) is 0 Å². The minimum Gasteiger partial charge on any atom is -0.504 e. The number of nitrogens with zero attached hydrogens (tertiary/aromatic N) is 1. The molecule has 2 aromatic carbocycles. The second-order valence-electron chi connectivity index (χ2n) is 7.03. The summed E-state index contributed by atoms with van der Waals surface area (Å²) in [7, 11) is 3.03. The number of benzene rings is 2. The molecule has 0 heterocycles. The summed E-state index contributed by atoms with van der Waals surface area (Å²) in [5, 5.41) is 9.41. The Hall–Kier alpha value is -3.28. The molecule has 0 bridgehead atoms. The van der Waals surface area contributed by atoms with Crippen molar-refractivity contribution in [3.8, 4) is 5.75 Å². The molecule has 152 valence electrons.